The summed E-state index contributed by atoms with van der Waals surface area (Å²) in [5, 5.41) is 10.0. The average molecular weight is 344 g/mol. The van der Waals surface area contributed by atoms with Crippen molar-refractivity contribution in [2.45, 2.75) is 32.7 Å². The Morgan fingerprint density at radius 2 is 1.76 bits per heavy atom. The predicted octanol–water partition coefficient (Wildman–Crippen LogP) is 3.55. The minimum absolute atomic E-state index is 0.136. The summed E-state index contributed by atoms with van der Waals surface area (Å²) >= 11 is 0. The van der Waals surface area contributed by atoms with Gasteiger partial charge in [-0.15, -0.1) is 0 Å². The van der Waals surface area contributed by atoms with Gasteiger partial charge in [0.1, 0.15) is 6.61 Å². The van der Waals surface area contributed by atoms with Crippen molar-refractivity contribution in [1.29, 1.82) is 0 Å². The summed E-state index contributed by atoms with van der Waals surface area (Å²) in [5.41, 5.74) is 3.33. The fraction of sp³-hybridized carbons (Fsp3) is 0.400. The minimum Gasteiger partial charge on any atom is -0.493 e. The summed E-state index contributed by atoms with van der Waals surface area (Å²) in [6.07, 6.45) is 0. The molecule has 2 aromatic carbocycles. The van der Waals surface area contributed by atoms with Crippen LogP contribution in [0.5, 0.6) is 17.2 Å². The number of benzene rings is 2. The monoisotopic (exact) mass is 344 g/mol. The van der Waals surface area contributed by atoms with Crippen molar-refractivity contribution in [3.8, 4) is 28.4 Å². The van der Waals surface area contributed by atoms with E-state index >= 15 is 0 Å². The van der Waals surface area contributed by atoms with Crippen LogP contribution < -0.4 is 14.2 Å². The van der Waals surface area contributed by atoms with Gasteiger partial charge in [-0.2, -0.15) is 0 Å². The molecule has 3 rings (SSSR count). The topological polar surface area (TPSA) is 57.2 Å². The highest BCUT2D eigenvalue weighted by molar-refractivity contribution is 5.77. The first-order chi connectivity index (χ1) is 11.9. The number of fused-ring (bicyclic) bond motifs is 1. The molecule has 0 aromatic heterocycles. The molecule has 0 fully saturated rings. The van der Waals surface area contributed by atoms with Gasteiger partial charge >= 0.3 is 0 Å². The molecule has 1 N–H and O–H groups in total. The third kappa shape index (κ3) is 3.72. The van der Waals surface area contributed by atoms with Gasteiger partial charge < -0.3 is 24.1 Å². The molecule has 0 unspecified atom stereocenters. The summed E-state index contributed by atoms with van der Waals surface area (Å²) in [5.74, 6) is 1.66. The smallest absolute Gasteiger partial charge is 0.203 e. The molecule has 0 radical (unpaired) electrons. The molecule has 0 saturated carbocycles. The molecule has 25 heavy (non-hydrogen) atoms. The molecule has 1 aliphatic heterocycles. The Balaban J connectivity index is 2.08. The third-order valence-electron chi connectivity index (χ3n) is 4.10. The maximum absolute atomic E-state index is 10.0. The number of hydrogen-bond donors (Lipinski definition) is 1. The van der Waals surface area contributed by atoms with Gasteiger partial charge in [-0.3, -0.25) is 0 Å². The van der Waals surface area contributed by atoms with E-state index in [0.29, 0.717) is 30.5 Å². The molecule has 0 bridgehead atoms. The van der Waals surface area contributed by atoms with Gasteiger partial charge in [-0.25, -0.2) is 0 Å². The predicted molar refractivity (Wildman–Crippen MR) is 95.3 cm³/mol. The first-order valence-corrected chi connectivity index (χ1v) is 8.23. The molecule has 0 amide bonds. The average Bonchev–Trinajstić information content (AvgIpc) is 3.05. The van der Waals surface area contributed by atoms with Gasteiger partial charge in [0.2, 0.25) is 5.75 Å². The van der Waals surface area contributed by atoms with Crippen LogP contribution in [-0.2, 0) is 18.0 Å². The molecule has 0 aliphatic carbocycles. The summed E-state index contributed by atoms with van der Waals surface area (Å²) in [4.78, 5) is 0. The van der Waals surface area contributed by atoms with Gasteiger partial charge in [0.25, 0.3) is 0 Å². The van der Waals surface area contributed by atoms with E-state index < -0.39 is 5.60 Å². The second kappa shape index (κ2) is 6.94. The van der Waals surface area contributed by atoms with E-state index in [4.69, 9.17) is 18.9 Å². The van der Waals surface area contributed by atoms with E-state index in [1.165, 1.54) is 11.1 Å². The number of rotatable bonds is 6. The SMILES string of the molecule is COc1ccc(-c2ccc3c(c2)COC3)c(OCC(C)(C)O)c1OC. The Bertz CT molecular complexity index is 761. The van der Waals surface area contributed by atoms with Crippen LogP contribution in [0.15, 0.2) is 30.3 Å². The Morgan fingerprint density at radius 3 is 2.44 bits per heavy atom. The fourth-order valence-corrected chi connectivity index (χ4v) is 2.86. The quantitative estimate of drug-likeness (QED) is 0.868. The van der Waals surface area contributed by atoms with E-state index in [2.05, 4.69) is 12.1 Å². The van der Waals surface area contributed by atoms with Crippen molar-refractivity contribution in [3.63, 3.8) is 0 Å². The zero-order valence-corrected chi connectivity index (χ0v) is 15.1. The summed E-state index contributed by atoms with van der Waals surface area (Å²) in [7, 11) is 3.17. The van der Waals surface area contributed by atoms with Crippen LogP contribution >= 0.6 is 0 Å². The second-order valence-corrected chi connectivity index (χ2v) is 6.76. The van der Waals surface area contributed by atoms with Crippen LogP contribution in [0.25, 0.3) is 11.1 Å². The molecule has 1 heterocycles. The Labute approximate surface area is 148 Å². The zero-order valence-electron chi connectivity index (χ0n) is 15.1. The van der Waals surface area contributed by atoms with Crippen LogP contribution in [0.3, 0.4) is 0 Å². The van der Waals surface area contributed by atoms with Gasteiger partial charge in [0, 0.05) is 5.56 Å². The number of methoxy groups -OCH3 is 2. The van der Waals surface area contributed by atoms with Crippen LogP contribution in [0, 0.1) is 0 Å². The summed E-state index contributed by atoms with van der Waals surface area (Å²) < 4.78 is 22.4. The van der Waals surface area contributed by atoms with Crippen LogP contribution in [0.1, 0.15) is 25.0 Å². The standard InChI is InChI=1S/C20H24O5/c1-20(2,21)12-25-18-16(7-8-17(22-3)19(18)23-4)13-5-6-14-10-24-11-15(14)9-13/h5-9,21H,10-12H2,1-4H3. The molecule has 5 nitrogen and oxygen atoms in total. The highest BCUT2D eigenvalue weighted by Gasteiger charge is 2.22. The van der Waals surface area contributed by atoms with Crippen molar-refractivity contribution in [2.24, 2.45) is 0 Å². The van der Waals surface area contributed by atoms with E-state index in [0.717, 1.165) is 11.1 Å². The lowest BCUT2D eigenvalue weighted by Crippen LogP contribution is -2.28. The van der Waals surface area contributed by atoms with Crippen LogP contribution in [-0.4, -0.2) is 31.5 Å². The molecule has 1 aliphatic rings. The number of hydrogen-bond acceptors (Lipinski definition) is 5. The molecule has 5 heteroatoms. The molecular formula is C20H24O5. The number of aliphatic hydroxyl groups is 1. The van der Waals surface area contributed by atoms with Crippen LogP contribution in [0.2, 0.25) is 0 Å². The van der Waals surface area contributed by atoms with Crippen molar-refractivity contribution in [2.75, 3.05) is 20.8 Å². The lowest BCUT2D eigenvalue weighted by Gasteiger charge is -2.22. The van der Waals surface area contributed by atoms with Gasteiger partial charge in [0.15, 0.2) is 11.5 Å². The zero-order chi connectivity index (χ0) is 18.0. The Morgan fingerprint density at radius 1 is 1.00 bits per heavy atom. The maximum atomic E-state index is 10.0. The van der Waals surface area contributed by atoms with E-state index in [9.17, 15) is 5.11 Å². The lowest BCUT2D eigenvalue weighted by atomic mass is 9.99. The highest BCUT2D eigenvalue weighted by Crippen LogP contribution is 2.45. The third-order valence-corrected chi connectivity index (χ3v) is 4.10. The first kappa shape index (κ1) is 17.6. The van der Waals surface area contributed by atoms with Crippen molar-refractivity contribution in [1.82, 2.24) is 0 Å². The Hall–Kier alpha value is -2.24. The largest absolute Gasteiger partial charge is 0.493 e. The van der Waals surface area contributed by atoms with Crippen molar-refractivity contribution in [3.05, 3.63) is 41.5 Å². The Kier molecular flexibility index (Phi) is 4.88. The molecule has 0 atom stereocenters. The van der Waals surface area contributed by atoms with E-state index in [1.807, 2.05) is 18.2 Å². The molecule has 2 aromatic rings. The summed E-state index contributed by atoms with van der Waals surface area (Å²) in [6, 6.07) is 10.0. The molecular weight excluding hydrogens is 320 g/mol. The fourth-order valence-electron chi connectivity index (χ4n) is 2.86. The molecule has 0 spiro atoms. The van der Waals surface area contributed by atoms with Crippen molar-refractivity contribution >= 4 is 0 Å². The number of ether oxygens (including phenoxy) is 4. The van der Waals surface area contributed by atoms with Gasteiger partial charge in [-0.1, -0.05) is 12.1 Å². The minimum atomic E-state index is -0.961. The molecule has 134 valence electrons. The summed E-state index contributed by atoms with van der Waals surface area (Å²) in [6.45, 7) is 4.82. The van der Waals surface area contributed by atoms with Gasteiger partial charge in [-0.05, 0) is 48.7 Å². The van der Waals surface area contributed by atoms with E-state index in [-0.39, 0.29) is 6.61 Å². The van der Waals surface area contributed by atoms with E-state index in [1.54, 1.807) is 28.1 Å². The maximum Gasteiger partial charge on any atom is 0.203 e. The second-order valence-electron chi connectivity index (χ2n) is 6.76. The van der Waals surface area contributed by atoms with Crippen molar-refractivity contribution < 1.29 is 24.1 Å². The first-order valence-electron chi connectivity index (χ1n) is 8.23. The lowest BCUT2D eigenvalue weighted by molar-refractivity contribution is 0.0277. The van der Waals surface area contributed by atoms with Gasteiger partial charge in [0.05, 0.1) is 33.0 Å². The normalized spacial score (nSPS) is 13.5. The highest BCUT2D eigenvalue weighted by atomic mass is 16.5. The molecule has 0 saturated heterocycles. The van der Waals surface area contributed by atoms with Crippen LogP contribution in [0.4, 0.5) is 0 Å².